The van der Waals surface area contributed by atoms with E-state index in [0.717, 1.165) is 9.46 Å². The number of rotatable bonds is 0. The fourth-order valence-corrected chi connectivity index (χ4v) is 1.42. The zero-order valence-corrected chi connectivity index (χ0v) is 9.52. The van der Waals surface area contributed by atoms with Gasteiger partial charge in [-0.05, 0) is 22.6 Å². The first-order valence-corrected chi connectivity index (χ1v) is 4.69. The zero-order valence-electron chi connectivity index (χ0n) is 6.61. The van der Waals surface area contributed by atoms with E-state index in [0.29, 0.717) is 5.02 Å². The highest BCUT2D eigenvalue weighted by atomic mass is 127. The summed E-state index contributed by atoms with van der Waals surface area (Å²) in [7, 11) is 0. The summed E-state index contributed by atoms with van der Waals surface area (Å²) in [5.41, 5.74) is -0.0620. The molecule has 0 bridgehead atoms. The maximum atomic E-state index is 5.93. The van der Waals surface area contributed by atoms with Gasteiger partial charge in [-0.15, -0.1) is 0 Å². The molecule has 1 heterocycles. The van der Waals surface area contributed by atoms with Gasteiger partial charge in [0.1, 0.15) is 5.02 Å². The average Bonchev–Trinajstić information content (AvgIpc) is 2.11. The molecule has 0 fully saturated rings. The van der Waals surface area contributed by atoms with Crippen LogP contribution in [0.4, 0.5) is 0 Å². The maximum absolute atomic E-state index is 5.93. The van der Waals surface area contributed by atoms with Crippen LogP contribution >= 0.6 is 34.2 Å². The first kappa shape index (κ1) is 9.32. The van der Waals surface area contributed by atoms with Gasteiger partial charge in [0.25, 0.3) is 0 Å². The summed E-state index contributed by atoms with van der Waals surface area (Å²) in [6.07, 6.45) is 0. The van der Waals surface area contributed by atoms with Crippen LogP contribution in [0.5, 0.6) is 0 Å². The molecule has 2 nitrogen and oxygen atoms in total. The molecule has 62 valence electrons. The van der Waals surface area contributed by atoms with E-state index >= 15 is 0 Å². The van der Waals surface area contributed by atoms with Gasteiger partial charge >= 0.3 is 0 Å². The van der Waals surface area contributed by atoms with Crippen LogP contribution < -0.4 is 0 Å². The van der Waals surface area contributed by atoms with Gasteiger partial charge < -0.3 is 4.52 Å². The minimum Gasteiger partial charge on any atom is -0.358 e. The molecule has 4 heteroatoms. The van der Waals surface area contributed by atoms with Gasteiger partial charge in [0.05, 0.1) is 0 Å². The second-order valence-corrected chi connectivity index (χ2v) is 4.77. The Morgan fingerprint density at radius 3 is 2.18 bits per heavy atom. The SMILES string of the molecule is CC(C)(C)c1onc(I)c1Cl. The molecule has 0 saturated carbocycles. The van der Waals surface area contributed by atoms with Crippen molar-refractivity contribution in [3.8, 4) is 0 Å². The molecule has 0 atom stereocenters. The Morgan fingerprint density at radius 2 is 2.00 bits per heavy atom. The van der Waals surface area contributed by atoms with E-state index in [1.165, 1.54) is 0 Å². The topological polar surface area (TPSA) is 26.0 Å². The molecule has 0 amide bonds. The molecular weight excluding hydrogens is 276 g/mol. The van der Waals surface area contributed by atoms with Crippen molar-refractivity contribution in [2.75, 3.05) is 0 Å². The number of halogens is 2. The summed E-state index contributed by atoms with van der Waals surface area (Å²) in [5, 5.41) is 4.40. The molecule has 0 unspecified atom stereocenters. The summed E-state index contributed by atoms with van der Waals surface area (Å²) in [6.45, 7) is 6.11. The van der Waals surface area contributed by atoms with Crippen LogP contribution in [-0.2, 0) is 5.41 Å². The Bertz CT molecular complexity index is 264. The van der Waals surface area contributed by atoms with Gasteiger partial charge in [-0.2, -0.15) is 0 Å². The van der Waals surface area contributed by atoms with Crippen molar-refractivity contribution in [2.45, 2.75) is 26.2 Å². The van der Waals surface area contributed by atoms with Crippen LogP contribution in [0.15, 0.2) is 4.52 Å². The summed E-state index contributed by atoms with van der Waals surface area (Å²) < 4.78 is 5.80. The molecule has 11 heavy (non-hydrogen) atoms. The van der Waals surface area contributed by atoms with Crippen LogP contribution in [0.25, 0.3) is 0 Å². The second-order valence-electron chi connectivity index (χ2n) is 3.37. The Balaban J connectivity index is 3.15. The summed E-state index contributed by atoms with van der Waals surface area (Å²) in [4.78, 5) is 0. The molecule has 0 aliphatic heterocycles. The van der Waals surface area contributed by atoms with Crippen molar-refractivity contribution in [1.82, 2.24) is 5.16 Å². The van der Waals surface area contributed by atoms with Crippen molar-refractivity contribution < 1.29 is 4.52 Å². The standard InChI is InChI=1S/C7H9ClINO/c1-7(2,3)5-4(8)6(9)10-11-5/h1-3H3. The van der Waals surface area contributed by atoms with Gasteiger partial charge in [0.2, 0.25) is 0 Å². The number of hydrogen-bond donors (Lipinski definition) is 0. The van der Waals surface area contributed by atoms with Gasteiger partial charge in [0, 0.05) is 5.41 Å². The molecule has 0 spiro atoms. The molecule has 0 N–H and O–H groups in total. The predicted molar refractivity (Wildman–Crippen MR) is 52.9 cm³/mol. The monoisotopic (exact) mass is 285 g/mol. The highest BCUT2D eigenvalue weighted by Gasteiger charge is 2.24. The predicted octanol–water partition coefficient (Wildman–Crippen LogP) is 3.23. The lowest BCUT2D eigenvalue weighted by molar-refractivity contribution is 0.327. The van der Waals surface area contributed by atoms with Crippen molar-refractivity contribution in [3.63, 3.8) is 0 Å². The maximum Gasteiger partial charge on any atom is 0.163 e. The van der Waals surface area contributed by atoms with Crippen LogP contribution in [0.3, 0.4) is 0 Å². The molecule has 0 aliphatic rings. The third kappa shape index (κ3) is 1.87. The molecule has 0 aromatic carbocycles. The average molecular weight is 286 g/mol. The Labute approximate surface area is 84.4 Å². The van der Waals surface area contributed by atoms with E-state index < -0.39 is 0 Å². The Hall–Kier alpha value is 0.230. The number of aromatic nitrogens is 1. The van der Waals surface area contributed by atoms with E-state index in [2.05, 4.69) is 5.16 Å². The van der Waals surface area contributed by atoms with Crippen LogP contribution in [-0.4, -0.2) is 5.16 Å². The third-order valence-corrected chi connectivity index (χ3v) is 2.68. The first-order chi connectivity index (χ1) is 4.93. The highest BCUT2D eigenvalue weighted by Crippen LogP contribution is 2.31. The lowest BCUT2D eigenvalue weighted by Crippen LogP contribution is -2.10. The number of nitrogens with zero attached hydrogens (tertiary/aromatic N) is 1. The lowest BCUT2D eigenvalue weighted by atomic mass is 9.93. The fourth-order valence-electron chi connectivity index (χ4n) is 0.726. The summed E-state index contributed by atoms with van der Waals surface area (Å²) in [5.74, 6) is 0.753. The van der Waals surface area contributed by atoms with Crippen LogP contribution in [0, 0.1) is 3.70 Å². The van der Waals surface area contributed by atoms with Gasteiger partial charge in [0.15, 0.2) is 9.46 Å². The molecule has 1 aromatic rings. The molecule has 0 saturated heterocycles. The normalized spacial score (nSPS) is 12.1. The quantitative estimate of drug-likeness (QED) is 0.684. The highest BCUT2D eigenvalue weighted by molar-refractivity contribution is 14.1. The van der Waals surface area contributed by atoms with Crippen molar-refractivity contribution in [1.29, 1.82) is 0 Å². The van der Waals surface area contributed by atoms with E-state index in [4.69, 9.17) is 16.1 Å². The van der Waals surface area contributed by atoms with E-state index in [1.54, 1.807) is 0 Å². The molecular formula is C7H9ClINO. The Kier molecular flexibility index (Phi) is 2.49. The van der Waals surface area contributed by atoms with Crippen molar-refractivity contribution in [2.24, 2.45) is 0 Å². The summed E-state index contributed by atoms with van der Waals surface area (Å²) in [6, 6.07) is 0. The van der Waals surface area contributed by atoms with Gasteiger partial charge in [-0.25, -0.2) is 0 Å². The minimum atomic E-state index is -0.0620. The molecule has 1 aromatic heterocycles. The second kappa shape index (κ2) is 2.94. The van der Waals surface area contributed by atoms with E-state index in [9.17, 15) is 0 Å². The van der Waals surface area contributed by atoms with Gasteiger partial charge in [-0.1, -0.05) is 37.5 Å². The largest absolute Gasteiger partial charge is 0.358 e. The number of hydrogen-bond acceptors (Lipinski definition) is 2. The van der Waals surface area contributed by atoms with Crippen molar-refractivity contribution >= 4 is 34.2 Å². The zero-order chi connectivity index (χ0) is 8.65. The van der Waals surface area contributed by atoms with Crippen LogP contribution in [0.1, 0.15) is 26.5 Å². The molecule has 0 aliphatic carbocycles. The van der Waals surface area contributed by atoms with Gasteiger partial charge in [-0.3, -0.25) is 0 Å². The lowest BCUT2D eigenvalue weighted by Gasteiger charge is -2.13. The smallest absolute Gasteiger partial charge is 0.163 e. The van der Waals surface area contributed by atoms with Crippen molar-refractivity contribution in [3.05, 3.63) is 14.5 Å². The van der Waals surface area contributed by atoms with Crippen LogP contribution in [0.2, 0.25) is 5.02 Å². The van der Waals surface area contributed by atoms with E-state index in [1.807, 2.05) is 43.4 Å². The fraction of sp³-hybridized carbons (Fsp3) is 0.571. The summed E-state index contributed by atoms with van der Waals surface area (Å²) >= 11 is 7.98. The Morgan fingerprint density at radius 1 is 1.45 bits per heavy atom. The molecule has 0 radical (unpaired) electrons. The first-order valence-electron chi connectivity index (χ1n) is 3.24. The third-order valence-electron chi connectivity index (χ3n) is 1.28. The minimum absolute atomic E-state index is 0.0620. The van der Waals surface area contributed by atoms with E-state index in [-0.39, 0.29) is 5.41 Å². The molecule has 1 rings (SSSR count).